The van der Waals surface area contributed by atoms with E-state index >= 15 is 0 Å². The van der Waals surface area contributed by atoms with Gasteiger partial charge in [0.25, 0.3) is 0 Å². The normalized spacial score (nSPS) is 14.1. The van der Waals surface area contributed by atoms with Gasteiger partial charge in [-0.3, -0.25) is 0 Å². The van der Waals surface area contributed by atoms with Gasteiger partial charge in [-0.15, -0.1) is 12.4 Å². The fraction of sp³-hybridized carbons (Fsp3) is 0.333. The van der Waals surface area contributed by atoms with Gasteiger partial charge >= 0.3 is 12.1 Å². The first kappa shape index (κ1) is 16.9. The molecule has 0 amide bonds. The number of alkyl halides is 5. The first-order valence-electron chi connectivity index (χ1n) is 4.12. The Morgan fingerprint density at radius 2 is 1.53 bits per heavy atom. The fourth-order valence-electron chi connectivity index (χ4n) is 1.10. The van der Waals surface area contributed by atoms with E-state index in [4.69, 9.17) is 5.73 Å². The molecule has 0 heterocycles. The fourth-order valence-corrected chi connectivity index (χ4v) is 1.82. The van der Waals surface area contributed by atoms with Crippen molar-refractivity contribution in [3.05, 3.63) is 33.4 Å². The van der Waals surface area contributed by atoms with Crippen LogP contribution in [0.2, 0.25) is 0 Å². The maximum Gasteiger partial charge on any atom is 0.455 e. The maximum absolute atomic E-state index is 12.9. The Balaban J connectivity index is 0.00000256. The molecule has 1 aromatic rings. The summed E-state index contributed by atoms with van der Waals surface area (Å²) in [5.74, 6) is -4.94. The van der Waals surface area contributed by atoms with Gasteiger partial charge < -0.3 is 5.73 Å². The molecule has 2 N–H and O–H groups in total. The number of benzene rings is 1. The van der Waals surface area contributed by atoms with E-state index in [9.17, 15) is 22.0 Å². The monoisotopic (exact) mass is 387 g/mol. The number of rotatable bonds is 2. The highest BCUT2D eigenvalue weighted by molar-refractivity contribution is 14.1. The molecule has 8 heteroatoms. The number of halogens is 7. The molecule has 1 atom stereocenters. The maximum atomic E-state index is 12.9. The zero-order valence-corrected chi connectivity index (χ0v) is 11.1. The second-order valence-corrected chi connectivity index (χ2v) is 4.28. The first-order valence-corrected chi connectivity index (χ1v) is 5.20. The van der Waals surface area contributed by atoms with E-state index in [1.807, 2.05) is 0 Å². The van der Waals surface area contributed by atoms with Crippen molar-refractivity contribution < 1.29 is 22.0 Å². The predicted molar refractivity (Wildman–Crippen MR) is 64.3 cm³/mol. The lowest BCUT2D eigenvalue weighted by molar-refractivity contribution is -0.291. The third-order valence-corrected chi connectivity index (χ3v) is 2.99. The van der Waals surface area contributed by atoms with Crippen molar-refractivity contribution in [2.45, 2.75) is 18.1 Å². The van der Waals surface area contributed by atoms with Crippen LogP contribution in [0, 0.1) is 3.57 Å². The van der Waals surface area contributed by atoms with Gasteiger partial charge in [-0.05, 0) is 34.2 Å². The average molecular weight is 388 g/mol. The van der Waals surface area contributed by atoms with E-state index in [2.05, 4.69) is 0 Å². The van der Waals surface area contributed by atoms with Gasteiger partial charge in [0.05, 0.1) is 0 Å². The topological polar surface area (TPSA) is 26.0 Å². The van der Waals surface area contributed by atoms with Crippen LogP contribution in [0.4, 0.5) is 22.0 Å². The molecule has 0 radical (unpaired) electrons. The summed E-state index contributed by atoms with van der Waals surface area (Å²) in [5.41, 5.74) is 4.77. The van der Waals surface area contributed by atoms with Crippen molar-refractivity contribution in [2.75, 3.05) is 0 Å². The van der Waals surface area contributed by atoms with E-state index in [0.29, 0.717) is 0 Å². The molecule has 0 aliphatic rings. The molecular formula is C9H8ClF5IN. The smallest absolute Gasteiger partial charge is 0.319 e. The summed E-state index contributed by atoms with van der Waals surface area (Å²) in [4.78, 5) is 0. The highest BCUT2D eigenvalue weighted by atomic mass is 127. The summed E-state index contributed by atoms with van der Waals surface area (Å²) >= 11 is 1.66. The van der Waals surface area contributed by atoms with Gasteiger partial charge in [-0.2, -0.15) is 22.0 Å². The van der Waals surface area contributed by atoms with E-state index in [1.165, 1.54) is 18.2 Å². The quantitative estimate of drug-likeness (QED) is 0.604. The second kappa shape index (κ2) is 5.66. The van der Waals surface area contributed by atoms with E-state index < -0.39 is 18.1 Å². The Kier molecular flexibility index (Phi) is 5.61. The van der Waals surface area contributed by atoms with E-state index in [1.54, 1.807) is 22.6 Å². The van der Waals surface area contributed by atoms with Crippen LogP contribution in [0.5, 0.6) is 0 Å². The van der Waals surface area contributed by atoms with Crippen molar-refractivity contribution >= 4 is 35.0 Å². The zero-order valence-electron chi connectivity index (χ0n) is 8.14. The molecule has 98 valence electrons. The lowest BCUT2D eigenvalue weighted by Crippen LogP contribution is -2.46. The Morgan fingerprint density at radius 1 is 1.06 bits per heavy atom. The van der Waals surface area contributed by atoms with Gasteiger partial charge in [0, 0.05) is 3.57 Å². The molecule has 1 rings (SSSR count). The molecule has 0 unspecified atom stereocenters. The van der Waals surface area contributed by atoms with Gasteiger partial charge in [0.2, 0.25) is 0 Å². The van der Waals surface area contributed by atoms with Crippen LogP contribution in [0.1, 0.15) is 11.6 Å². The van der Waals surface area contributed by atoms with Gasteiger partial charge in [-0.25, -0.2) is 0 Å². The number of hydrogen-bond donors (Lipinski definition) is 1. The molecule has 0 bridgehead atoms. The highest BCUT2D eigenvalue weighted by Crippen LogP contribution is 2.43. The summed E-state index contributed by atoms with van der Waals surface area (Å²) in [6.45, 7) is 0. The molecular weight excluding hydrogens is 379 g/mol. The predicted octanol–water partition coefficient (Wildman–Crippen LogP) is 3.91. The molecule has 0 saturated carbocycles. The van der Waals surface area contributed by atoms with Crippen molar-refractivity contribution in [1.29, 1.82) is 0 Å². The molecule has 0 spiro atoms. The van der Waals surface area contributed by atoms with Crippen LogP contribution in [0.25, 0.3) is 0 Å². The Hall–Kier alpha value is -0.150. The molecule has 1 aromatic carbocycles. The second-order valence-electron chi connectivity index (χ2n) is 3.12. The van der Waals surface area contributed by atoms with Crippen LogP contribution in [-0.4, -0.2) is 12.1 Å². The Morgan fingerprint density at radius 3 is 1.94 bits per heavy atom. The SMILES string of the molecule is Cl.N[C@H](c1ccccc1I)C(F)(F)C(F)(F)F. The summed E-state index contributed by atoms with van der Waals surface area (Å²) in [6, 6.07) is 3.09. The van der Waals surface area contributed by atoms with Crippen LogP contribution in [0.15, 0.2) is 24.3 Å². The lowest BCUT2D eigenvalue weighted by atomic mass is 10.0. The minimum Gasteiger partial charge on any atom is -0.319 e. The lowest BCUT2D eigenvalue weighted by Gasteiger charge is -2.26. The largest absolute Gasteiger partial charge is 0.455 e. The summed E-state index contributed by atoms with van der Waals surface area (Å²) < 4.78 is 62.4. The summed E-state index contributed by atoms with van der Waals surface area (Å²) in [6.07, 6.45) is -5.65. The molecule has 0 aliphatic carbocycles. The summed E-state index contributed by atoms with van der Waals surface area (Å²) in [7, 11) is 0. The minimum atomic E-state index is -5.65. The van der Waals surface area contributed by atoms with E-state index in [0.717, 1.165) is 6.07 Å². The Bertz CT molecular complexity index is 382. The van der Waals surface area contributed by atoms with Crippen LogP contribution in [-0.2, 0) is 0 Å². The standard InChI is InChI=1S/C9H7F5IN.ClH/c10-8(11,9(12,13)14)7(16)5-3-1-2-4-6(5)15;/h1-4,7H,16H2;1H/t7-;/m1./s1. The molecule has 0 saturated heterocycles. The van der Waals surface area contributed by atoms with Crippen molar-refractivity contribution in [2.24, 2.45) is 5.73 Å². The van der Waals surface area contributed by atoms with Crippen molar-refractivity contribution in [3.63, 3.8) is 0 Å². The number of nitrogens with two attached hydrogens (primary N) is 1. The first-order chi connectivity index (χ1) is 7.18. The van der Waals surface area contributed by atoms with Gasteiger partial charge in [-0.1, -0.05) is 18.2 Å². The zero-order chi connectivity index (χ0) is 12.6. The molecule has 1 nitrogen and oxygen atoms in total. The third-order valence-electron chi connectivity index (χ3n) is 2.01. The van der Waals surface area contributed by atoms with Crippen LogP contribution < -0.4 is 5.73 Å². The Labute approximate surface area is 114 Å². The van der Waals surface area contributed by atoms with Crippen molar-refractivity contribution in [3.8, 4) is 0 Å². The van der Waals surface area contributed by atoms with Gasteiger partial charge in [0.15, 0.2) is 0 Å². The molecule has 0 aliphatic heterocycles. The molecule has 0 aromatic heterocycles. The minimum absolute atomic E-state index is 0. The molecule has 0 fully saturated rings. The highest BCUT2D eigenvalue weighted by Gasteiger charge is 2.61. The van der Waals surface area contributed by atoms with Crippen LogP contribution >= 0.6 is 35.0 Å². The average Bonchev–Trinajstić information content (AvgIpc) is 2.15. The van der Waals surface area contributed by atoms with E-state index in [-0.39, 0.29) is 21.5 Å². The van der Waals surface area contributed by atoms with Crippen LogP contribution in [0.3, 0.4) is 0 Å². The third kappa shape index (κ3) is 3.41. The molecule has 17 heavy (non-hydrogen) atoms. The number of hydrogen-bond acceptors (Lipinski definition) is 1. The summed E-state index contributed by atoms with van der Waals surface area (Å²) in [5, 5.41) is 0. The van der Waals surface area contributed by atoms with Gasteiger partial charge in [0.1, 0.15) is 6.04 Å². The van der Waals surface area contributed by atoms with Crippen molar-refractivity contribution in [1.82, 2.24) is 0 Å².